The minimum absolute atomic E-state index is 0.000969. The van der Waals surface area contributed by atoms with Crippen LogP contribution in [0.3, 0.4) is 0 Å². The summed E-state index contributed by atoms with van der Waals surface area (Å²) in [6.07, 6.45) is 2.17. The van der Waals surface area contributed by atoms with E-state index in [9.17, 15) is 9.59 Å². The number of amides is 2. The quantitative estimate of drug-likeness (QED) is 0.465. The van der Waals surface area contributed by atoms with Crippen LogP contribution in [0.1, 0.15) is 44.7 Å². The zero-order valence-corrected chi connectivity index (χ0v) is 20.2. The lowest BCUT2D eigenvalue weighted by molar-refractivity contribution is -0.139. The first-order valence-electron chi connectivity index (χ1n) is 10.9. The third-order valence-electron chi connectivity index (χ3n) is 5.28. The second-order valence-electron chi connectivity index (χ2n) is 7.68. The van der Waals surface area contributed by atoms with Crippen molar-refractivity contribution in [3.8, 4) is 0 Å². The van der Waals surface area contributed by atoms with E-state index in [0.29, 0.717) is 23.7 Å². The van der Waals surface area contributed by atoms with E-state index in [1.54, 1.807) is 16.7 Å². The molecule has 168 valence electrons. The van der Waals surface area contributed by atoms with E-state index < -0.39 is 6.04 Å². The zero-order chi connectivity index (χ0) is 22.6. The van der Waals surface area contributed by atoms with Crippen LogP contribution in [-0.4, -0.2) is 41.1 Å². The molecular weight excluding hydrogens is 428 g/mol. The van der Waals surface area contributed by atoms with Crippen LogP contribution in [-0.2, 0) is 21.8 Å². The van der Waals surface area contributed by atoms with E-state index in [1.165, 1.54) is 0 Å². The van der Waals surface area contributed by atoms with Gasteiger partial charge in [-0.15, -0.1) is 11.8 Å². The van der Waals surface area contributed by atoms with E-state index in [1.807, 2.05) is 63.2 Å². The molecule has 0 heterocycles. The molecule has 0 radical (unpaired) electrons. The molecular formula is C25H33ClN2O2S. The molecule has 2 aromatic carbocycles. The summed E-state index contributed by atoms with van der Waals surface area (Å²) in [5.41, 5.74) is 2.28. The smallest absolute Gasteiger partial charge is 0.243 e. The molecule has 4 nitrogen and oxygen atoms in total. The van der Waals surface area contributed by atoms with E-state index >= 15 is 0 Å². The number of halogens is 1. The van der Waals surface area contributed by atoms with Crippen LogP contribution in [0.4, 0.5) is 0 Å². The van der Waals surface area contributed by atoms with Crippen molar-refractivity contribution < 1.29 is 9.59 Å². The molecule has 2 rings (SSSR count). The second kappa shape index (κ2) is 13.4. The van der Waals surface area contributed by atoms with Crippen LogP contribution in [0.25, 0.3) is 0 Å². The topological polar surface area (TPSA) is 49.4 Å². The van der Waals surface area contributed by atoms with Crippen LogP contribution in [0.15, 0.2) is 54.6 Å². The lowest BCUT2D eigenvalue weighted by Crippen LogP contribution is -2.52. The van der Waals surface area contributed by atoms with Crippen molar-refractivity contribution in [2.45, 2.75) is 57.9 Å². The van der Waals surface area contributed by atoms with Crippen LogP contribution in [0.2, 0.25) is 5.02 Å². The number of nitrogens with one attached hydrogen (secondary N) is 1. The van der Waals surface area contributed by atoms with Gasteiger partial charge in [0.25, 0.3) is 0 Å². The van der Waals surface area contributed by atoms with Gasteiger partial charge in [-0.2, -0.15) is 0 Å². The average molecular weight is 461 g/mol. The largest absolute Gasteiger partial charge is 0.352 e. The summed E-state index contributed by atoms with van der Waals surface area (Å²) in [4.78, 5) is 27.8. The normalized spacial score (nSPS) is 12.8. The average Bonchev–Trinajstić information content (AvgIpc) is 2.78. The van der Waals surface area contributed by atoms with Crippen molar-refractivity contribution in [1.29, 1.82) is 0 Å². The minimum Gasteiger partial charge on any atom is -0.352 e. The van der Waals surface area contributed by atoms with Crippen LogP contribution in [0.5, 0.6) is 0 Å². The van der Waals surface area contributed by atoms with Crippen molar-refractivity contribution in [2.75, 3.05) is 12.3 Å². The molecule has 0 saturated carbocycles. The molecule has 0 bridgehead atoms. The molecule has 31 heavy (non-hydrogen) atoms. The molecule has 0 aliphatic carbocycles. The summed E-state index contributed by atoms with van der Waals surface area (Å²) < 4.78 is 0. The van der Waals surface area contributed by atoms with Gasteiger partial charge in [0.1, 0.15) is 6.04 Å². The summed E-state index contributed by atoms with van der Waals surface area (Å²) >= 11 is 7.51. The molecule has 0 unspecified atom stereocenters. The Bertz CT molecular complexity index is 814. The van der Waals surface area contributed by atoms with Gasteiger partial charge in [-0.3, -0.25) is 9.59 Å². The lowest BCUT2D eigenvalue weighted by atomic mass is 10.1. The Labute approximate surface area is 195 Å². The summed E-state index contributed by atoms with van der Waals surface area (Å²) in [6, 6.07) is 17.4. The molecule has 2 amide bonds. The maximum Gasteiger partial charge on any atom is 0.243 e. The Morgan fingerprint density at radius 1 is 1.00 bits per heavy atom. The first-order chi connectivity index (χ1) is 14.9. The highest BCUT2D eigenvalue weighted by Crippen LogP contribution is 2.17. The maximum atomic E-state index is 13.2. The van der Waals surface area contributed by atoms with Gasteiger partial charge in [0.05, 0.1) is 5.75 Å². The highest BCUT2D eigenvalue weighted by Gasteiger charge is 2.28. The standard InChI is InChI=1S/C25H33ClN2O2S/c1-4-19(3)27-25(30)23(5-2)28(16-15-20-9-7-6-8-10-20)24(29)18-31-17-21-11-13-22(26)14-12-21/h6-14,19,23H,4-5,15-18H2,1-3H3,(H,27,30)/t19-,23-/m0/s1. The van der Waals surface area contributed by atoms with Gasteiger partial charge in [0.15, 0.2) is 0 Å². The summed E-state index contributed by atoms with van der Waals surface area (Å²) in [6.45, 7) is 6.52. The van der Waals surface area contributed by atoms with Gasteiger partial charge in [-0.1, -0.05) is 67.9 Å². The number of hydrogen-bond donors (Lipinski definition) is 1. The number of thioether (sulfide) groups is 1. The van der Waals surface area contributed by atoms with Gasteiger partial charge < -0.3 is 10.2 Å². The third-order valence-corrected chi connectivity index (χ3v) is 6.52. The number of hydrogen-bond acceptors (Lipinski definition) is 3. The maximum absolute atomic E-state index is 13.2. The van der Waals surface area contributed by atoms with Gasteiger partial charge in [0, 0.05) is 23.4 Å². The molecule has 0 fully saturated rings. The first kappa shape index (κ1) is 25.3. The Kier molecular flexibility index (Phi) is 11.0. The molecule has 2 atom stereocenters. The van der Waals surface area contributed by atoms with E-state index in [4.69, 9.17) is 11.6 Å². The number of carbonyl (C=O) groups is 2. The van der Waals surface area contributed by atoms with E-state index in [2.05, 4.69) is 17.4 Å². The monoisotopic (exact) mass is 460 g/mol. The molecule has 0 aliphatic heterocycles. The van der Waals surface area contributed by atoms with Crippen molar-refractivity contribution >= 4 is 35.2 Å². The molecule has 6 heteroatoms. The predicted molar refractivity (Wildman–Crippen MR) is 131 cm³/mol. The SMILES string of the molecule is CC[C@H](C)NC(=O)[C@H](CC)N(CCc1ccccc1)C(=O)CSCc1ccc(Cl)cc1. The van der Waals surface area contributed by atoms with Crippen molar-refractivity contribution in [1.82, 2.24) is 10.2 Å². The molecule has 0 aliphatic rings. The highest BCUT2D eigenvalue weighted by molar-refractivity contribution is 7.99. The first-order valence-corrected chi connectivity index (χ1v) is 12.4. The predicted octanol–water partition coefficient (Wildman–Crippen LogP) is 5.34. The number of nitrogens with zero attached hydrogens (tertiary/aromatic N) is 1. The number of benzene rings is 2. The molecule has 0 aromatic heterocycles. The molecule has 2 aromatic rings. The van der Waals surface area contributed by atoms with Crippen molar-refractivity contribution in [3.05, 3.63) is 70.7 Å². The van der Waals surface area contributed by atoms with Crippen LogP contribution < -0.4 is 5.32 Å². The fourth-order valence-corrected chi connectivity index (χ4v) is 4.25. The van der Waals surface area contributed by atoms with Crippen LogP contribution in [0, 0.1) is 0 Å². The Morgan fingerprint density at radius 3 is 2.29 bits per heavy atom. The third kappa shape index (κ3) is 8.58. The van der Waals surface area contributed by atoms with Crippen molar-refractivity contribution in [3.63, 3.8) is 0 Å². The van der Waals surface area contributed by atoms with E-state index in [-0.39, 0.29) is 17.9 Å². The van der Waals surface area contributed by atoms with Gasteiger partial charge in [-0.05, 0) is 49.4 Å². The fourth-order valence-electron chi connectivity index (χ4n) is 3.26. The Morgan fingerprint density at radius 2 is 1.68 bits per heavy atom. The van der Waals surface area contributed by atoms with Gasteiger partial charge in [-0.25, -0.2) is 0 Å². The number of carbonyl (C=O) groups excluding carboxylic acids is 2. The fraction of sp³-hybridized carbons (Fsp3) is 0.440. The minimum atomic E-state index is -0.457. The molecule has 1 N–H and O–H groups in total. The Balaban J connectivity index is 2.05. The van der Waals surface area contributed by atoms with Crippen molar-refractivity contribution in [2.24, 2.45) is 0 Å². The summed E-state index contributed by atoms with van der Waals surface area (Å²) in [5.74, 6) is 0.998. The second-order valence-corrected chi connectivity index (χ2v) is 9.11. The highest BCUT2D eigenvalue weighted by atomic mass is 35.5. The lowest BCUT2D eigenvalue weighted by Gasteiger charge is -2.31. The van der Waals surface area contributed by atoms with Gasteiger partial charge >= 0.3 is 0 Å². The number of rotatable bonds is 12. The van der Waals surface area contributed by atoms with E-state index in [0.717, 1.165) is 29.7 Å². The Hall–Kier alpha value is -1.98. The molecule has 0 saturated heterocycles. The van der Waals surface area contributed by atoms with Gasteiger partial charge in [0.2, 0.25) is 11.8 Å². The summed E-state index contributed by atoms with van der Waals surface area (Å²) in [5, 5.41) is 3.75. The summed E-state index contributed by atoms with van der Waals surface area (Å²) in [7, 11) is 0. The van der Waals surface area contributed by atoms with Crippen LogP contribution >= 0.6 is 23.4 Å². The zero-order valence-electron chi connectivity index (χ0n) is 18.6. The molecule has 0 spiro atoms.